The number of nitrogens with zero attached hydrogens (tertiary/aromatic N) is 1. The number of fused-ring (bicyclic) bond motifs is 1. The second-order valence-corrected chi connectivity index (χ2v) is 4.65. The maximum absolute atomic E-state index is 12.9. The summed E-state index contributed by atoms with van der Waals surface area (Å²) in [6.07, 6.45) is -4.55. The second kappa shape index (κ2) is 4.69. The van der Waals surface area contributed by atoms with Crippen molar-refractivity contribution < 1.29 is 22.7 Å². The lowest BCUT2D eigenvalue weighted by Crippen LogP contribution is -2.05. The Hall–Kier alpha value is -1.83. The molecule has 0 spiro atoms. The Balaban J connectivity index is 2.62. The van der Waals surface area contributed by atoms with Crippen LogP contribution in [0.1, 0.15) is 22.3 Å². The molecule has 0 amide bonds. The highest BCUT2D eigenvalue weighted by Gasteiger charge is 2.34. The topological polar surface area (TPSA) is 65.2 Å². The Labute approximate surface area is 110 Å². The molecule has 0 aliphatic heterocycles. The number of halogens is 3. The molecular formula is C11H9F3N2O2S. The van der Waals surface area contributed by atoms with Gasteiger partial charge in [0.15, 0.2) is 0 Å². The predicted molar refractivity (Wildman–Crippen MR) is 65.0 cm³/mol. The third kappa shape index (κ3) is 2.62. The number of aromatic nitrogens is 1. The van der Waals surface area contributed by atoms with Gasteiger partial charge in [0.1, 0.15) is 0 Å². The molecule has 0 atom stereocenters. The molecule has 0 bridgehead atoms. The average molecular weight is 290 g/mol. The number of carbonyl (C=O) groups is 1. The van der Waals surface area contributed by atoms with Crippen LogP contribution < -0.4 is 5.73 Å². The van der Waals surface area contributed by atoms with Gasteiger partial charge < -0.3 is 10.5 Å². The number of thiazole rings is 1. The monoisotopic (exact) mass is 290 g/mol. The Bertz CT molecular complexity index is 637. The number of carbonyl (C=O) groups excluding carboxylic acids is 1. The van der Waals surface area contributed by atoms with E-state index in [0.29, 0.717) is 11.3 Å². The van der Waals surface area contributed by atoms with Gasteiger partial charge in [-0.05, 0) is 19.1 Å². The van der Waals surface area contributed by atoms with Gasteiger partial charge in [-0.15, -0.1) is 11.3 Å². The van der Waals surface area contributed by atoms with E-state index in [1.165, 1.54) is 6.07 Å². The highest BCUT2D eigenvalue weighted by atomic mass is 32.1. The van der Waals surface area contributed by atoms with Crippen LogP contribution in [0.2, 0.25) is 0 Å². The van der Waals surface area contributed by atoms with Crippen molar-refractivity contribution >= 4 is 33.2 Å². The number of benzene rings is 1. The van der Waals surface area contributed by atoms with Crippen molar-refractivity contribution in [2.75, 3.05) is 12.3 Å². The first-order valence-electron chi connectivity index (χ1n) is 5.27. The summed E-state index contributed by atoms with van der Waals surface area (Å²) in [7, 11) is 0. The number of rotatable bonds is 2. The number of nitrogen functional groups attached to an aromatic ring is 1. The van der Waals surface area contributed by atoms with E-state index in [0.717, 1.165) is 6.07 Å². The van der Waals surface area contributed by atoms with Crippen LogP contribution in [0.4, 0.5) is 18.9 Å². The number of alkyl halides is 3. The largest absolute Gasteiger partial charge is 0.461 e. The maximum Gasteiger partial charge on any atom is 0.417 e. The lowest BCUT2D eigenvalue weighted by molar-refractivity contribution is -0.136. The molecule has 102 valence electrons. The Morgan fingerprint density at radius 2 is 2.16 bits per heavy atom. The fraction of sp³-hybridized carbons (Fsp3) is 0.273. The molecule has 2 N–H and O–H groups in total. The normalized spacial score (nSPS) is 11.8. The van der Waals surface area contributed by atoms with Gasteiger partial charge in [0.2, 0.25) is 5.01 Å². The highest BCUT2D eigenvalue weighted by Crippen LogP contribution is 2.39. The molecule has 2 rings (SSSR count). The third-order valence-corrected chi connectivity index (χ3v) is 3.35. The van der Waals surface area contributed by atoms with Crippen LogP contribution in [0.15, 0.2) is 12.1 Å². The van der Waals surface area contributed by atoms with Gasteiger partial charge in [-0.2, -0.15) is 13.2 Å². The summed E-state index contributed by atoms with van der Waals surface area (Å²) in [6.45, 7) is 1.73. The zero-order valence-corrected chi connectivity index (χ0v) is 10.6. The van der Waals surface area contributed by atoms with Crippen LogP contribution in [0.5, 0.6) is 0 Å². The molecule has 0 saturated carbocycles. The molecule has 1 aromatic heterocycles. The van der Waals surface area contributed by atoms with Crippen LogP contribution in [0, 0.1) is 0 Å². The summed E-state index contributed by atoms with van der Waals surface area (Å²) in [4.78, 5) is 15.3. The van der Waals surface area contributed by atoms with Crippen LogP contribution in [-0.4, -0.2) is 17.6 Å². The first kappa shape index (κ1) is 13.6. The predicted octanol–water partition coefficient (Wildman–Crippen LogP) is 3.07. The fourth-order valence-electron chi connectivity index (χ4n) is 1.55. The second-order valence-electron chi connectivity index (χ2n) is 3.65. The lowest BCUT2D eigenvalue weighted by atomic mass is 10.2. The standard InChI is InChI=1S/C11H9F3N2O2S/c1-2-18-10(17)9-16-7-4-5(15)3-6(8(7)19-9)11(12,13)14/h3-4H,2,15H2,1H3. The van der Waals surface area contributed by atoms with E-state index in [-0.39, 0.29) is 27.5 Å². The minimum Gasteiger partial charge on any atom is -0.461 e. The molecule has 1 aromatic carbocycles. The van der Waals surface area contributed by atoms with Crippen LogP contribution in [0.3, 0.4) is 0 Å². The molecule has 0 radical (unpaired) electrons. The van der Waals surface area contributed by atoms with Gasteiger partial charge in [-0.1, -0.05) is 0 Å². The SMILES string of the molecule is CCOC(=O)c1nc2cc(N)cc(C(F)(F)F)c2s1. The Morgan fingerprint density at radius 1 is 1.47 bits per heavy atom. The molecule has 0 saturated heterocycles. The van der Waals surface area contributed by atoms with Crippen molar-refractivity contribution in [3.63, 3.8) is 0 Å². The lowest BCUT2D eigenvalue weighted by Gasteiger charge is -2.07. The molecule has 0 unspecified atom stereocenters. The fourth-order valence-corrected chi connectivity index (χ4v) is 2.52. The molecule has 19 heavy (non-hydrogen) atoms. The first-order chi connectivity index (χ1) is 8.82. The molecule has 0 fully saturated rings. The van der Waals surface area contributed by atoms with E-state index in [1.807, 2.05) is 0 Å². The van der Waals surface area contributed by atoms with Crippen molar-refractivity contribution in [3.05, 3.63) is 22.7 Å². The zero-order valence-electron chi connectivity index (χ0n) is 9.75. The molecule has 8 heteroatoms. The quantitative estimate of drug-likeness (QED) is 0.682. The maximum atomic E-state index is 12.9. The minimum absolute atomic E-state index is 0.0420. The molecule has 0 aliphatic rings. The van der Waals surface area contributed by atoms with Gasteiger partial charge in [0, 0.05) is 5.69 Å². The van der Waals surface area contributed by atoms with Crippen LogP contribution in [0.25, 0.3) is 10.2 Å². The molecule has 2 aromatic rings. The van der Waals surface area contributed by atoms with E-state index >= 15 is 0 Å². The molecule has 1 heterocycles. The van der Waals surface area contributed by atoms with E-state index in [1.54, 1.807) is 6.92 Å². The Kier molecular flexibility index (Phi) is 3.36. The van der Waals surface area contributed by atoms with E-state index in [9.17, 15) is 18.0 Å². The number of hydrogen-bond donors (Lipinski definition) is 1. The van der Waals surface area contributed by atoms with Crippen LogP contribution in [-0.2, 0) is 10.9 Å². The van der Waals surface area contributed by atoms with Gasteiger partial charge >= 0.3 is 12.1 Å². The number of anilines is 1. The highest BCUT2D eigenvalue weighted by molar-refractivity contribution is 7.20. The van der Waals surface area contributed by atoms with Crippen molar-refractivity contribution in [3.8, 4) is 0 Å². The van der Waals surface area contributed by atoms with Gasteiger partial charge in [-0.25, -0.2) is 9.78 Å². The number of hydrogen-bond acceptors (Lipinski definition) is 5. The summed E-state index contributed by atoms with van der Waals surface area (Å²) >= 11 is 0.646. The summed E-state index contributed by atoms with van der Waals surface area (Å²) in [6, 6.07) is 2.12. The van der Waals surface area contributed by atoms with Crippen molar-refractivity contribution in [2.24, 2.45) is 0 Å². The number of esters is 1. The third-order valence-electron chi connectivity index (χ3n) is 2.27. The van der Waals surface area contributed by atoms with Gasteiger partial charge in [-0.3, -0.25) is 0 Å². The molecular weight excluding hydrogens is 281 g/mol. The Morgan fingerprint density at radius 3 is 2.74 bits per heavy atom. The smallest absolute Gasteiger partial charge is 0.417 e. The summed E-state index contributed by atoms with van der Waals surface area (Å²) in [5.41, 5.74) is 4.51. The zero-order chi connectivity index (χ0) is 14.2. The molecule has 4 nitrogen and oxygen atoms in total. The number of nitrogens with two attached hydrogens (primary N) is 1. The van der Waals surface area contributed by atoms with Gasteiger partial charge in [0.25, 0.3) is 0 Å². The first-order valence-corrected chi connectivity index (χ1v) is 6.09. The summed E-state index contributed by atoms with van der Waals surface area (Å²) in [5.74, 6) is -0.740. The van der Waals surface area contributed by atoms with E-state index < -0.39 is 17.7 Å². The van der Waals surface area contributed by atoms with Crippen molar-refractivity contribution in [1.82, 2.24) is 4.98 Å². The van der Waals surface area contributed by atoms with Crippen molar-refractivity contribution in [2.45, 2.75) is 13.1 Å². The van der Waals surface area contributed by atoms with E-state index in [4.69, 9.17) is 10.5 Å². The minimum atomic E-state index is -4.55. The number of ether oxygens (including phenoxy) is 1. The van der Waals surface area contributed by atoms with Crippen molar-refractivity contribution in [1.29, 1.82) is 0 Å². The summed E-state index contributed by atoms with van der Waals surface area (Å²) in [5, 5.41) is -0.118. The van der Waals surface area contributed by atoms with E-state index in [2.05, 4.69) is 4.98 Å². The average Bonchev–Trinajstić information content (AvgIpc) is 2.70. The van der Waals surface area contributed by atoms with Gasteiger partial charge in [0.05, 0.1) is 22.4 Å². The van der Waals surface area contributed by atoms with Crippen LogP contribution >= 0.6 is 11.3 Å². The summed E-state index contributed by atoms with van der Waals surface area (Å²) < 4.78 is 43.2. The molecule has 0 aliphatic carbocycles.